The van der Waals surface area contributed by atoms with Crippen LogP contribution in [0.15, 0.2) is 18.2 Å². The highest BCUT2D eigenvalue weighted by molar-refractivity contribution is 5.62. The second kappa shape index (κ2) is 6.87. The molecule has 1 aliphatic rings. The number of rotatable bonds is 4. The maximum atomic E-state index is 11.0. The van der Waals surface area contributed by atoms with Crippen molar-refractivity contribution in [3.05, 3.63) is 33.9 Å². The van der Waals surface area contributed by atoms with E-state index in [4.69, 9.17) is 0 Å². The van der Waals surface area contributed by atoms with E-state index in [9.17, 15) is 10.1 Å². The molecular weight excluding hydrogens is 268 g/mol. The number of hydrogen-bond acceptors (Lipinski definition) is 5. The van der Waals surface area contributed by atoms with Crippen molar-refractivity contribution in [2.45, 2.75) is 25.9 Å². The molecule has 1 saturated heterocycles. The number of nitro groups is 1. The summed E-state index contributed by atoms with van der Waals surface area (Å²) in [7, 11) is 3.88. The fourth-order valence-electron chi connectivity index (χ4n) is 2.93. The maximum Gasteiger partial charge on any atom is 0.292 e. The van der Waals surface area contributed by atoms with Crippen molar-refractivity contribution in [3.63, 3.8) is 0 Å². The molecule has 0 radical (unpaired) electrons. The number of benzene rings is 1. The monoisotopic (exact) mass is 292 g/mol. The summed E-state index contributed by atoms with van der Waals surface area (Å²) in [5, 5.41) is 13.9. The molecule has 21 heavy (non-hydrogen) atoms. The summed E-state index contributed by atoms with van der Waals surface area (Å²) in [6.07, 6.45) is 1.16. The van der Waals surface area contributed by atoms with Crippen molar-refractivity contribution in [1.29, 1.82) is 0 Å². The molecule has 0 saturated carbocycles. The molecule has 0 aliphatic carbocycles. The molecule has 1 atom stereocenters. The molecule has 1 aliphatic heterocycles. The summed E-state index contributed by atoms with van der Waals surface area (Å²) in [4.78, 5) is 15.4. The van der Waals surface area contributed by atoms with E-state index < -0.39 is 0 Å². The van der Waals surface area contributed by atoms with Crippen LogP contribution in [-0.2, 0) is 6.54 Å². The number of likely N-dealkylation sites (N-methyl/N-ethyl adjacent to an activating group) is 1. The molecule has 1 aromatic carbocycles. The van der Waals surface area contributed by atoms with Crippen LogP contribution in [-0.4, -0.2) is 54.5 Å². The molecule has 2 rings (SSSR count). The molecule has 1 N–H and O–H groups in total. The van der Waals surface area contributed by atoms with Gasteiger partial charge in [0.25, 0.3) is 5.69 Å². The SMILES string of the molecule is CNc1cc(CN2CCCN(C)CC2C)ccc1[N+](=O)[O-]. The average molecular weight is 292 g/mol. The molecule has 1 fully saturated rings. The molecule has 0 amide bonds. The number of nitro benzene ring substituents is 1. The number of hydrogen-bond donors (Lipinski definition) is 1. The highest BCUT2D eigenvalue weighted by Gasteiger charge is 2.20. The molecule has 1 unspecified atom stereocenters. The minimum absolute atomic E-state index is 0.130. The fourth-order valence-corrected chi connectivity index (χ4v) is 2.93. The Morgan fingerprint density at radius 1 is 1.43 bits per heavy atom. The second-order valence-corrected chi connectivity index (χ2v) is 5.79. The van der Waals surface area contributed by atoms with Crippen LogP contribution in [0.25, 0.3) is 0 Å². The summed E-state index contributed by atoms with van der Waals surface area (Å²) >= 11 is 0. The highest BCUT2D eigenvalue weighted by Crippen LogP contribution is 2.26. The molecule has 6 heteroatoms. The normalized spacial score (nSPS) is 21.0. The third-order valence-electron chi connectivity index (χ3n) is 4.10. The zero-order chi connectivity index (χ0) is 15.4. The van der Waals surface area contributed by atoms with Crippen LogP contribution in [0.5, 0.6) is 0 Å². The lowest BCUT2D eigenvalue weighted by Crippen LogP contribution is -2.37. The summed E-state index contributed by atoms with van der Waals surface area (Å²) in [5.74, 6) is 0. The van der Waals surface area contributed by atoms with Gasteiger partial charge < -0.3 is 10.2 Å². The van der Waals surface area contributed by atoms with Crippen molar-refractivity contribution in [3.8, 4) is 0 Å². The van der Waals surface area contributed by atoms with Crippen LogP contribution in [0.3, 0.4) is 0 Å². The van der Waals surface area contributed by atoms with Gasteiger partial charge in [0.2, 0.25) is 0 Å². The smallest absolute Gasteiger partial charge is 0.292 e. The van der Waals surface area contributed by atoms with Gasteiger partial charge in [-0.1, -0.05) is 6.07 Å². The Morgan fingerprint density at radius 3 is 2.86 bits per heavy atom. The van der Waals surface area contributed by atoms with E-state index in [1.54, 1.807) is 13.1 Å². The number of anilines is 1. The minimum atomic E-state index is -0.348. The Kier molecular flexibility index (Phi) is 5.14. The van der Waals surface area contributed by atoms with Gasteiger partial charge in [-0.15, -0.1) is 0 Å². The van der Waals surface area contributed by atoms with Gasteiger partial charge in [-0.05, 0) is 38.6 Å². The predicted octanol–water partition coefficient (Wildman–Crippen LogP) is 2.16. The van der Waals surface area contributed by atoms with Crippen LogP contribution in [0.1, 0.15) is 18.9 Å². The maximum absolute atomic E-state index is 11.0. The molecule has 0 spiro atoms. The van der Waals surface area contributed by atoms with Gasteiger partial charge in [-0.25, -0.2) is 0 Å². The van der Waals surface area contributed by atoms with E-state index >= 15 is 0 Å². The van der Waals surface area contributed by atoms with E-state index in [0.717, 1.165) is 38.2 Å². The lowest BCUT2D eigenvalue weighted by molar-refractivity contribution is -0.384. The van der Waals surface area contributed by atoms with Gasteiger partial charge in [0.1, 0.15) is 5.69 Å². The van der Waals surface area contributed by atoms with Crippen molar-refractivity contribution in [2.24, 2.45) is 0 Å². The van der Waals surface area contributed by atoms with Crippen molar-refractivity contribution in [1.82, 2.24) is 9.80 Å². The Hall–Kier alpha value is -1.66. The van der Waals surface area contributed by atoms with Crippen molar-refractivity contribution < 1.29 is 4.92 Å². The molecule has 116 valence electrons. The minimum Gasteiger partial charge on any atom is -0.383 e. The summed E-state index contributed by atoms with van der Waals surface area (Å²) in [5.41, 5.74) is 1.82. The van der Waals surface area contributed by atoms with Gasteiger partial charge in [-0.2, -0.15) is 0 Å². The molecule has 0 bridgehead atoms. The third-order valence-corrected chi connectivity index (χ3v) is 4.10. The van der Waals surface area contributed by atoms with Gasteiger partial charge in [0.15, 0.2) is 0 Å². The topological polar surface area (TPSA) is 61.6 Å². The van der Waals surface area contributed by atoms with Crippen LogP contribution >= 0.6 is 0 Å². The number of nitrogens with one attached hydrogen (secondary N) is 1. The third kappa shape index (κ3) is 3.92. The summed E-state index contributed by atoms with van der Waals surface area (Å²) in [6, 6.07) is 5.83. The van der Waals surface area contributed by atoms with Crippen LogP contribution in [0.2, 0.25) is 0 Å². The van der Waals surface area contributed by atoms with E-state index in [0.29, 0.717) is 11.7 Å². The summed E-state index contributed by atoms with van der Waals surface area (Å²) < 4.78 is 0. The van der Waals surface area contributed by atoms with Crippen molar-refractivity contribution >= 4 is 11.4 Å². The lowest BCUT2D eigenvalue weighted by Gasteiger charge is -2.28. The van der Waals surface area contributed by atoms with E-state index in [1.807, 2.05) is 12.1 Å². The summed E-state index contributed by atoms with van der Waals surface area (Å²) in [6.45, 7) is 6.33. The van der Waals surface area contributed by atoms with Crippen molar-refractivity contribution in [2.75, 3.05) is 39.0 Å². The molecule has 1 aromatic rings. The van der Waals surface area contributed by atoms with E-state index in [1.165, 1.54) is 0 Å². The molecule has 6 nitrogen and oxygen atoms in total. The second-order valence-electron chi connectivity index (χ2n) is 5.79. The molecule has 1 heterocycles. The first kappa shape index (κ1) is 15.7. The van der Waals surface area contributed by atoms with Crippen LogP contribution in [0, 0.1) is 10.1 Å². The van der Waals surface area contributed by atoms with Gasteiger partial charge >= 0.3 is 0 Å². The Balaban J connectivity index is 2.13. The average Bonchev–Trinajstić information content (AvgIpc) is 2.60. The van der Waals surface area contributed by atoms with Crippen LogP contribution in [0.4, 0.5) is 11.4 Å². The standard InChI is InChI=1S/C15H24N4O2/c1-12-10-17(3)7-4-8-18(12)11-13-5-6-15(19(20)21)14(9-13)16-2/h5-6,9,12,16H,4,7-8,10-11H2,1-3H3. The zero-order valence-electron chi connectivity index (χ0n) is 13.0. The van der Waals surface area contributed by atoms with E-state index in [2.05, 4.69) is 29.1 Å². The first-order valence-corrected chi connectivity index (χ1v) is 7.39. The highest BCUT2D eigenvalue weighted by atomic mass is 16.6. The predicted molar refractivity (Wildman–Crippen MR) is 84.6 cm³/mol. The first-order valence-electron chi connectivity index (χ1n) is 7.39. The van der Waals surface area contributed by atoms with Gasteiger partial charge in [0.05, 0.1) is 4.92 Å². The Bertz CT molecular complexity index is 506. The number of nitrogens with zero attached hydrogens (tertiary/aromatic N) is 3. The zero-order valence-corrected chi connectivity index (χ0v) is 13.0. The fraction of sp³-hybridized carbons (Fsp3) is 0.600. The Labute approximate surface area is 125 Å². The van der Waals surface area contributed by atoms with E-state index in [-0.39, 0.29) is 10.6 Å². The van der Waals surface area contributed by atoms with Gasteiger partial charge in [0, 0.05) is 38.8 Å². The Morgan fingerprint density at radius 2 is 2.19 bits per heavy atom. The van der Waals surface area contributed by atoms with Crippen LogP contribution < -0.4 is 5.32 Å². The first-order chi connectivity index (χ1) is 10.0. The lowest BCUT2D eigenvalue weighted by atomic mass is 10.1. The quantitative estimate of drug-likeness (QED) is 0.680. The van der Waals surface area contributed by atoms with Gasteiger partial charge in [-0.3, -0.25) is 15.0 Å². The molecular formula is C15H24N4O2. The molecule has 0 aromatic heterocycles. The largest absolute Gasteiger partial charge is 0.383 e.